The Bertz CT molecular complexity index is 182. The summed E-state index contributed by atoms with van der Waals surface area (Å²) in [7, 11) is 1.43. The summed E-state index contributed by atoms with van der Waals surface area (Å²) >= 11 is 4.17. The van der Waals surface area contributed by atoms with Gasteiger partial charge in [0.05, 0.1) is 7.11 Å². The van der Waals surface area contributed by atoms with E-state index in [1.165, 1.54) is 7.11 Å². The second kappa shape index (κ2) is 6.14. The molecule has 0 N–H and O–H groups in total. The number of amides is 1. The van der Waals surface area contributed by atoms with Gasteiger partial charge in [-0.15, -0.1) is 0 Å². The fourth-order valence-corrected chi connectivity index (χ4v) is 1.72. The average molecular weight is 218 g/mol. The molecule has 1 saturated heterocycles. The third kappa shape index (κ3) is 3.38. The van der Waals surface area contributed by atoms with Crippen molar-refractivity contribution in [3.8, 4) is 0 Å². The minimum atomic E-state index is -0.209. The molecule has 0 saturated carbocycles. The molecule has 0 aromatic heterocycles. The zero-order valence-corrected chi connectivity index (χ0v) is 9.50. The first-order valence-corrected chi connectivity index (χ1v) is 5.57. The van der Waals surface area contributed by atoms with Crippen LogP contribution in [0.15, 0.2) is 0 Å². The number of piperazine rings is 1. The van der Waals surface area contributed by atoms with Crippen molar-refractivity contribution in [1.29, 1.82) is 0 Å². The number of nitrogens with zero attached hydrogens (tertiary/aromatic N) is 2. The number of ether oxygens (including phenoxy) is 1. The molecular formula is C9H18N2O2S. The molecule has 0 aromatic carbocycles. The van der Waals surface area contributed by atoms with E-state index < -0.39 is 0 Å². The molecule has 0 atom stereocenters. The van der Waals surface area contributed by atoms with E-state index in [1.54, 1.807) is 4.90 Å². The van der Waals surface area contributed by atoms with Crippen LogP contribution in [0.2, 0.25) is 0 Å². The van der Waals surface area contributed by atoms with Crippen molar-refractivity contribution in [1.82, 2.24) is 9.80 Å². The van der Waals surface area contributed by atoms with Crippen molar-refractivity contribution in [2.24, 2.45) is 0 Å². The van der Waals surface area contributed by atoms with E-state index in [0.717, 1.165) is 44.9 Å². The Morgan fingerprint density at radius 3 is 2.50 bits per heavy atom. The second-order valence-corrected chi connectivity index (χ2v) is 3.82. The largest absolute Gasteiger partial charge is 0.453 e. The van der Waals surface area contributed by atoms with Gasteiger partial charge in [-0.2, -0.15) is 12.6 Å². The molecule has 1 amide bonds. The summed E-state index contributed by atoms with van der Waals surface area (Å²) in [5.41, 5.74) is 0. The molecule has 1 aliphatic heterocycles. The Morgan fingerprint density at radius 1 is 1.36 bits per heavy atom. The second-order valence-electron chi connectivity index (χ2n) is 3.38. The third-order valence-electron chi connectivity index (χ3n) is 2.44. The Morgan fingerprint density at radius 2 is 2.00 bits per heavy atom. The normalized spacial score (nSPS) is 18.3. The lowest BCUT2D eigenvalue weighted by molar-refractivity contribution is 0.0912. The van der Waals surface area contributed by atoms with Crippen LogP contribution in [0.4, 0.5) is 4.79 Å². The van der Waals surface area contributed by atoms with Crippen LogP contribution in [0.5, 0.6) is 0 Å². The van der Waals surface area contributed by atoms with Crippen molar-refractivity contribution in [2.75, 3.05) is 45.6 Å². The lowest BCUT2D eigenvalue weighted by Crippen LogP contribution is -2.48. The molecule has 0 aromatic rings. The first-order chi connectivity index (χ1) is 6.77. The summed E-state index contributed by atoms with van der Waals surface area (Å²) in [6, 6.07) is 0. The van der Waals surface area contributed by atoms with Crippen molar-refractivity contribution in [3.05, 3.63) is 0 Å². The SMILES string of the molecule is COC(=O)N1CCN(CCCS)CC1. The van der Waals surface area contributed by atoms with Gasteiger partial charge in [0.1, 0.15) is 0 Å². The third-order valence-corrected chi connectivity index (χ3v) is 2.75. The Kier molecular flexibility index (Phi) is 5.11. The molecule has 0 aliphatic carbocycles. The molecule has 5 heteroatoms. The Labute approximate surface area is 90.6 Å². The highest BCUT2D eigenvalue weighted by molar-refractivity contribution is 7.80. The molecule has 0 unspecified atom stereocenters. The quantitative estimate of drug-likeness (QED) is 0.708. The molecule has 1 aliphatic rings. The van der Waals surface area contributed by atoms with Crippen LogP contribution in [-0.2, 0) is 4.74 Å². The lowest BCUT2D eigenvalue weighted by Gasteiger charge is -2.33. The van der Waals surface area contributed by atoms with E-state index in [-0.39, 0.29) is 6.09 Å². The van der Waals surface area contributed by atoms with Crippen LogP contribution in [-0.4, -0.2) is 61.5 Å². The lowest BCUT2D eigenvalue weighted by atomic mass is 10.3. The maximum Gasteiger partial charge on any atom is 0.409 e. The van der Waals surface area contributed by atoms with E-state index in [9.17, 15) is 4.79 Å². The first-order valence-electron chi connectivity index (χ1n) is 4.94. The van der Waals surface area contributed by atoms with Crippen LogP contribution < -0.4 is 0 Å². The topological polar surface area (TPSA) is 32.8 Å². The van der Waals surface area contributed by atoms with Crippen molar-refractivity contribution in [3.63, 3.8) is 0 Å². The predicted molar refractivity (Wildman–Crippen MR) is 58.9 cm³/mol. The number of thiol groups is 1. The molecule has 4 nitrogen and oxygen atoms in total. The minimum Gasteiger partial charge on any atom is -0.453 e. The zero-order chi connectivity index (χ0) is 10.4. The van der Waals surface area contributed by atoms with E-state index in [4.69, 9.17) is 0 Å². The van der Waals surface area contributed by atoms with Gasteiger partial charge in [-0.05, 0) is 18.7 Å². The summed E-state index contributed by atoms with van der Waals surface area (Å²) in [5, 5.41) is 0. The summed E-state index contributed by atoms with van der Waals surface area (Å²) in [6.07, 6.45) is 0.903. The number of hydrogen-bond donors (Lipinski definition) is 1. The number of methoxy groups -OCH3 is 1. The fraction of sp³-hybridized carbons (Fsp3) is 0.889. The maximum absolute atomic E-state index is 11.2. The van der Waals surface area contributed by atoms with Crippen LogP contribution in [0.25, 0.3) is 0 Å². The Balaban J connectivity index is 2.20. The molecule has 0 radical (unpaired) electrons. The number of rotatable bonds is 3. The van der Waals surface area contributed by atoms with Crippen LogP contribution in [0.1, 0.15) is 6.42 Å². The van der Waals surface area contributed by atoms with Gasteiger partial charge in [0.2, 0.25) is 0 Å². The zero-order valence-electron chi connectivity index (χ0n) is 8.61. The molecule has 14 heavy (non-hydrogen) atoms. The van der Waals surface area contributed by atoms with Gasteiger partial charge in [0, 0.05) is 26.2 Å². The van der Waals surface area contributed by atoms with Crippen LogP contribution >= 0.6 is 12.6 Å². The molecule has 1 heterocycles. The Hall–Kier alpha value is -0.420. The summed E-state index contributed by atoms with van der Waals surface area (Å²) < 4.78 is 4.66. The maximum atomic E-state index is 11.2. The van der Waals surface area contributed by atoms with Crippen LogP contribution in [0, 0.1) is 0 Å². The van der Waals surface area contributed by atoms with Gasteiger partial charge >= 0.3 is 6.09 Å². The number of carbonyl (C=O) groups excluding carboxylic acids is 1. The average Bonchev–Trinajstić information content (AvgIpc) is 2.26. The van der Waals surface area contributed by atoms with Crippen molar-refractivity contribution < 1.29 is 9.53 Å². The van der Waals surface area contributed by atoms with Gasteiger partial charge in [-0.3, -0.25) is 4.90 Å². The summed E-state index contributed by atoms with van der Waals surface area (Å²) in [5.74, 6) is 0.928. The highest BCUT2D eigenvalue weighted by atomic mass is 32.1. The van der Waals surface area contributed by atoms with Gasteiger partial charge in [-0.25, -0.2) is 4.79 Å². The predicted octanol–water partition coefficient (Wildman–Crippen LogP) is 0.690. The molecular weight excluding hydrogens is 200 g/mol. The first kappa shape index (κ1) is 11.7. The van der Waals surface area contributed by atoms with Crippen LogP contribution in [0.3, 0.4) is 0 Å². The fourth-order valence-electron chi connectivity index (χ4n) is 1.58. The highest BCUT2D eigenvalue weighted by Crippen LogP contribution is 2.04. The van der Waals surface area contributed by atoms with Gasteiger partial charge in [-0.1, -0.05) is 0 Å². The smallest absolute Gasteiger partial charge is 0.409 e. The summed E-state index contributed by atoms with van der Waals surface area (Å²) in [4.78, 5) is 15.3. The number of carbonyl (C=O) groups is 1. The van der Waals surface area contributed by atoms with Crippen molar-refractivity contribution >= 4 is 18.7 Å². The standard InChI is InChI=1S/C9H18N2O2S/c1-13-9(12)11-6-4-10(5-7-11)3-2-8-14/h14H,2-8H2,1H3. The van der Waals surface area contributed by atoms with E-state index >= 15 is 0 Å². The monoisotopic (exact) mass is 218 g/mol. The van der Waals surface area contributed by atoms with E-state index in [1.807, 2.05) is 0 Å². The number of hydrogen-bond acceptors (Lipinski definition) is 4. The van der Waals surface area contributed by atoms with E-state index in [0.29, 0.717) is 0 Å². The molecule has 1 fully saturated rings. The molecule has 82 valence electrons. The van der Waals surface area contributed by atoms with Gasteiger partial charge < -0.3 is 9.64 Å². The van der Waals surface area contributed by atoms with Crippen molar-refractivity contribution in [2.45, 2.75) is 6.42 Å². The van der Waals surface area contributed by atoms with E-state index in [2.05, 4.69) is 22.3 Å². The van der Waals surface area contributed by atoms with Gasteiger partial charge in [0.25, 0.3) is 0 Å². The summed E-state index contributed by atoms with van der Waals surface area (Å²) in [6.45, 7) is 4.53. The minimum absolute atomic E-state index is 0.209. The van der Waals surface area contributed by atoms with Gasteiger partial charge in [0.15, 0.2) is 0 Å². The molecule has 0 bridgehead atoms. The highest BCUT2D eigenvalue weighted by Gasteiger charge is 2.20. The molecule has 0 spiro atoms. The molecule has 1 rings (SSSR count).